The largest absolute Gasteiger partial charge is 0.496 e. The van der Waals surface area contributed by atoms with Gasteiger partial charge in [-0.2, -0.15) is 0 Å². The Morgan fingerprint density at radius 1 is 0.850 bits per heavy atom. The van der Waals surface area contributed by atoms with E-state index in [1.54, 1.807) is 7.11 Å². The van der Waals surface area contributed by atoms with Gasteiger partial charge in [-0.15, -0.1) is 0 Å². The first-order valence-electron chi connectivity index (χ1n) is 6.59. The van der Waals surface area contributed by atoms with Crippen LogP contribution in [0.2, 0.25) is 0 Å². The highest BCUT2D eigenvalue weighted by Crippen LogP contribution is 2.31. The molecule has 0 spiro atoms. The maximum Gasteiger partial charge on any atom is 0.125 e. The van der Waals surface area contributed by atoms with Crippen molar-refractivity contribution in [1.82, 2.24) is 0 Å². The Bertz CT molecular complexity index is 734. The number of ether oxygens (including phenoxy) is 1. The smallest absolute Gasteiger partial charge is 0.125 e. The van der Waals surface area contributed by atoms with Gasteiger partial charge in [0.15, 0.2) is 0 Å². The molecule has 20 heavy (non-hydrogen) atoms. The lowest BCUT2D eigenvalue weighted by Gasteiger charge is -2.15. The number of hydrogen-bond acceptors (Lipinski definition) is 2. The van der Waals surface area contributed by atoms with Crippen LogP contribution >= 0.6 is 0 Å². The van der Waals surface area contributed by atoms with Gasteiger partial charge in [-0.25, -0.2) is 0 Å². The fourth-order valence-electron chi connectivity index (χ4n) is 2.45. The molecule has 1 atom stereocenters. The molecule has 0 heterocycles. The van der Waals surface area contributed by atoms with Crippen LogP contribution in [-0.2, 0) is 0 Å². The zero-order valence-electron chi connectivity index (χ0n) is 11.3. The number of methoxy groups -OCH3 is 1. The van der Waals surface area contributed by atoms with E-state index in [1.807, 2.05) is 60.7 Å². The van der Waals surface area contributed by atoms with Crippen molar-refractivity contribution in [1.29, 1.82) is 0 Å². The quantitative estimate of drug-likeness (QED) is 0.776. The van der Waals surface area contributed by atoms with Gasteiger partial charge in [-0.1, -0.05) is 54.6 Å². The molecule has 0 amide bonds. The second kappa shape index (κ2) is 5.35. The van der Waals surface area contributed by atoms with E-state index in [0.717, 1.165) is 16.5 Å². The molecule has 0 fully saturated rings. The minimum absolute atomic E-state index is 0.684. The Kier molecular flexibility index (Phi) is 3.40. The SMILES string of the molecule is COc1ccccc1C(O)c1ccc2ccccc2c1. The van der Waals surface area contributed by atoms with Crippen LogP contribution in [0.1, 0.15) is 17.2 Å². The van der Waals surface area contributed by atoms with Crippen LogP contribution < -0.4 is 4.74 Å². The minimum atomic E-state index is -0.684. The highest BCUT2D eigenvalue weighted by Gasteiger charge is 2.15. The molecular weight excluding hydrogens is 248 g/mol. The molecule has 0 aliphatic rings. The van der Waals surface area contributed by atoms with Gasteiger partial charge in [0.2, 0.25) is 0 Å². The van der Waals surface area contributed by atoms with E-state index in [9.17, 15) is 5.11 Å². The summed E-state index contributed by atoms with van der Waals surface area (Å²) >= 11 is 0. The Morgan fingerprint density at radius 2 is 1.55 bits per heavy atom. The van der Waals surface area contributed by atoms with E-state index in [4.69, 9.17) is 4.74 Å². The van der Waals surface area contributed by atoms with Crippen molar-refractivity contribution < 1.29 is 9.84 Å². The van der Waals surface area contributed by atoms with Gasteiger partial charge in [0.25, 0.3) is 0 Å². The molecule has 0 saturated heterocycles. The first-order valence-corrected chi connectivity index (χ1v) is 6.59. The summed E-state index contributed by atoms with van der Waals surface area (Å²) in [6.07, 6.45) is -0.684. The number of fused-ring (bicyclic) bond motifs is 1. The van der Waals surface area contributed by atoms with E-state index in [1.165, 1.54) is 5.39 Å². The zero-order chi connectivity index (χ0) is 13.9. The lowest BCUT2D eigenvalue weighted by Crippen LogP contribution is -2.02. The Balaban J connectivity index is 2.05. The Labute approximate surface area is 118 Å². The molecule has 0 radical (unpaired) electrons. The number of rotatable bonds is 3. The van der Waals surface area contributed by atoms with Crippen molar-refractivity contribution in [3.63, 3.8) is 0 Å². The first kappa shape index (κ1) is 12.7. The number of hydrogen-bond donors (Lipinski definition) is 1. The van der Waals surface area contributed by atoms with Gasteiger partial charge in [0, 0.05) is 5.56 Å². The van der Waals surface area contributed by atoms with Crippen LogP contribution in [0.4, 0.5) is 0 Å². The van der Waals surface area contributed by atoms with Crippen molar-refractivity contribution in [2.75, 3.05) is 7.11 Å². The number of benzene rings is 3. The van der Waals surface area contributed by atoms with Crippen LogP contribution in [0.15, 0.2) is 66.7 Å². The lowest BCUT2D eigenvalue weighted by molar-refractivity contribution is 0.215. The van der Waals surface area contributed by atoms with E-state index < -0.39 is 6.10 Å². The molecule has 0 aromatic heterocycles. The molecule has 1 N–H and O–H groups in total. The van der Waals surface area contributed by atoms with Crippen LogP contribution in [0.3, 0.4) is 0 Å². The monoisotopic (exact) mass is 264 g/mol. The van der Waals surface area contributed by atoms with Crippen LogP contribution in [-0.4, -0.2) is 12.2 Å². The Morgan fingerprint density at radius 3 is 2.35 bits per heavy atom. The summed E-state index contributed by atoms with van der Waals surface area (Å²) in [5.74, 6) is 0.702. The summed E-state index contributed by atoms with van der Waals surface area (Å²) in [7, 11) is 1.62. The molecule has 3 aromatic rings. The summed E-state index contributed by atoms with van der Waals surface area (Å²) in [5, 5.41) is 12.9. The molecule has 1 unspecified atom stereocenters. The molecule has 3 rings (SSSR count). The fourth-order valence-corrected chi connectivity index (χ4v) is 2.45. The van der Waals surface area contributed by atoms with E-state index in [2.05, 4.69) is 6.07 Å². The van der Waals surface area contributed by atoms with Gasteiger partial charge in [-0.3, -0.25) is 0 Å². The fraction of sp³-hybridized carbons (Fsp3) is 0.111. The van der Waals surface area contributed by atoms with Crippen LogP contribution in [0.25, 0.3) is 10.8 Å². The van der Waals surface area contributed by atoms with Crippen molar-refractivity contribution in [3.05, 3.63) is 77.9 Å². The van der Waals surface area contributed by atoms with E-state index >= 15 is 0 Å². The van der Waals surface area contributed by atoms with Gasteiger partial charge in [0.05, 0.1) is 7.11 Å². The summed E-state index contributed by atoms with van der Waals surface area (Å²) in [5.41, 5.74) is 1.65. The molecule has 0 aliphatic heterocycles. The second-order valence-electron chi connectivity index (χ2n) is 4.75. The molecule has 3 aromatic carbocycles. The molecule has 0 bridgehead atoms. The second-order valence-corrected chi connectivity index (χ2v) is 4.75. The minimum Gasteiger partial charge on any atom is -0.496 e. The number of para-hydroxylation sites is 1. The van der Waals surface area contributed by atoms with E-state index in [-0.39, 0.29) is 0 Å². The standard InChI is InChI=1S/C18H16O2/c1-20-17-9-5-4-8-16(17)18(19)15-11-10-13-6-2-3-7-14(13)12-15/h2-12,18-19H,1H3. The van der Waals surface area contributed by atoms with Crippen LogP contribution in [0, 0.1) is 0 Å². The van der Waals surface area contributed by atoms with Crippen molar-refractivity contribution >= 4 is 10.8 Å². The topological polar surface area (TPSA) is 29.5 Å². The molecule has 0 aliphatic carbocycles. The van der Waals surface area contributed by atoms with Crippen molar-refractivity contribution in [2.24, 2.45) is 0 Å². The predicted molar refractivity (Wildman–Crippen MR) is 81.0 cm³/mol. The van der Waals surface area contributed by atoms with E-state index in [0.29, 0.717) is 5.75 Å². The third-order valence-corrected chi connectivity index (χ3v) is 3.52. The number of aliphatic hydroxyl groups is 1. The summed E-state index contributed by atoms with van der Waals surface area (Å²) in [4.78, 5) is 0. The summed E-state index contributed by atoms with van der Waals surface area (Å²) < 4.78 is 5.32. The van der Waals surface area contributed by atoms with Crippen molar-refractivity contribution in [2.45, 2.75) is 6.10 Å². The van der Waals surface area contributed by atoms with Gasteiger partial charge in [0.1, 0.15) is 11.9 Å². The molecule has 2 nitrogen and oxygen atoms in total. The Hall–Kier alpha value is -2.32. The maximum absolute atomic E-state index is 10.6. The van der Waals surface area contributed by atoms with Crippen LogP contribution in [0.5, 0.6) is 5.75 Å². The van der Waals surface area contributed by atoms with Gasteiger partial charge in [-0.05, 0) is 28.5 Å². The zero-order valence-corrected chi connectivity index (χ0v) is 11.3. The molecule has 2 heteroatoms. The lowest BCUT2D eigenvalue weighted by atomic mass is 9.98. The third kappa shape index (κ3) is 2.26. The van der Waals surface area contributed by atoms with Crippen molar-refractivity contribution in [3.8, 4) is 5.75 Å². The molecular formula is C18H16O2. The average Bonchev–Trinajstić information content (AvgIpc) is 2.53. The van der Waals surface area contributed by atoms with Gasteiger partial charge >= 0.3 is 0 Å². The third-order valence-electron chi connectivity index (χ3n) is 3.52. The van der Waals surface area contributed by atoms with Gasteiger partial charge < -0.3 is 9.84 Å². The maximum atomic E-state index is 10.6. The molecule has 0 saturated carbocycles. The summed E-state index contributed by atoms with van der Waals surface area (Å²) in [6, 6.07) is 21.7. The first-order chi connectivity index (χ1) is 9.79. The highest BCUT2D eigenvalue weighted by molar-refractivity contribution is 5.83. The average molecular weight is 264 g/mol. The summed E-state index contributed by atoms with van der Waals surface area (Å²) in [6.45, 7) is 0. The normalized spacial score (nSPS) is 12.3. The highest BCUT2D eigenvalue weighted by atomic mass is 16.5. The molecule has 100 valence electrons. The predicted octanol–water partition coefficient (Wildman–Crippen LogP) is 3.93. The number of aliphatic hydroxyl groups excluding tert-OH is 1.